The highest BCUT2D eigenvalue weighted by Gasteiger charge is 2.14. The molecular weight excluding hydrogens is 308 g/mol. The molecule has 0 fully saturated rings. The zero-order valence-corrected chi connectivity index (χ0v) is 12.4. The van der Waals surface area contributed by atoms with E-state index in [9.17, 15) is 4.79 Å². The van der Waals surface area contributed by atoms with Crippen LogP contribution in [0.15, 0.2) is 36.0 Å². The molecule has 0 aliphatic heterocycles. The minimum atomic E-state index is -0.407. The Morgan fingerprint density at radius 3 is 2.56 bits per heavy atom. The van der Waals surface area contributed by atoms with Gasteiger partial charge in [-0.25, -0.2) is 4.79 Å². The van der Waals surface area contributed by atoms with Gasteiger partial charge in [-0.05, 0) is 36.9 Å². The Hall–Kier alpha value is -0.430. The molecule has 0 amide bonds. The first-order valence-corrected chi connectivity index (χ1v) is 7.26. The average Bonchev–Trinajstić information content (AvgIpc) is 2.35. The van der Waals surface area contributed by atoms with Crippen LogP contribution in [0.4, 0.5) is 0 Å². The normalized spacial score (nSPS) is 12.4. The molecule has 2 unspecified atom stereocenters. The average molecular weight is 320 g/mol. The van der Waals surface area contributed by atoms with Crippen molar-refractivity contribution in [2.24, 2.45) is 0 Å². The van der Waals surface area contributed by atoms with E-state index in [1.807, 2.05) is 46.5 Å². The molecule has 2 atom stereocenters. The van der Waals surface area contributed by atoms with Crippen LogP contribution in [0.5, 0.6) is 0 Å². The number of carbonyl (C=O) groups excluding carboxylic acids is 1. The highest BCUT2D eigenvalue weighted by Crippen LogP contribution is 2.26. The second-order valence-electron chi connectivity index (χ2n) is 2.84. The van der Waals surface area contributed by atoms with E-state index in [-0.39, 0.29) is 0 Å². The van der Waals surface area contributed by atoms with E-state index >= 15 is 0 Å². The van der Waals surface area contributed by atoms with Crippen LogP contribution in [0, 0.1) is 0 Å². The number of halogens is 1. The van der Waals surface area contributed by atoms with Crippen LogP contribution < -0.4 is 5.09 Å². The van der Waals surface area contributed by atoms with Crippen LogP contribution in [0.1, 0.15) is 5.56 Å². The lowest BCUT2D eigenvalue weighted by Gasteiger charge is -2.10. The highest BCUT2D eigenvalue weighted by molar-refractivity contribution is 9.15. The highest BCUT2D eigenvalue weighted by atomic mass is 79.9. The maximum Gasteiger partial charge on any atom is 0.357 e. The Kier molecular flexibility index (Phi) is 5.97. The quantitative estimate of drug-likeness (QED) is 0.685. The molecule has 1 aromatic carbocycles. The van der Waals surface area contributed by atoms with E-state index in [1.54, 1.807) is 0 Å². The lowest BCUT2D eigenvalue weighted by molar-refractivity contribution is -0.129. The van der Waals surface area contributed by atoms with Crippen molar-refractivity contribution in [1.82, 2.24) is 5.09 Å². The monoisotopic (exact) mass is 319 g/mol. The van der Waals surface area contributed by atoms with Crippen LogP contribution in [-0.4, -0.2) is 12.6 Å². The smallest absolute Gasteiger partial charge is 0.357 e. The number of nitrogens with one attached hydrogen (secondary N) is 1. The Morgan fingerprint density at radius 2 is 2.06 bits per heavy atom. The molecule has 0 saturated heterocycles. The van der Waals surface area contributed by atoms with Gasteiger partial charge >= 0.3 is 5.97 Å². The molecule has 0 bridgehead atoms. The largest absolute Gasteiger partial charge is 0.447 e. The van der Waals surface area contributed by atoms with Crippen molar-refractivity contribution in [2.45, 2.75) is 0 Å². The molecule has 16 heavy (non-hydrogen) atoms. The third-order valence-electron chi connectivity index (χ3n) is 1.81. The van der Waals surface area contributed by atoms with Gasteiger partial charge in [-0.15, -0.1) is 0 Å². The minimum Gasteiger partial charge on any atom is -0.447 e. The van der Waals surface area contributed by atoms with E-state index in [4.69, 9.17) is 0 Å². The maximum atomic E-state index is 11.5. The van der Waals surface area contributed by atoms with Crippen molar-refractivity contribution in [3.63, 3.8) is 0 Å². The predicted octanol–water partition coefficient (Wildman–Crippen LogP) is 2.90. The number of carbonyl (C=O) groups is 1. The fraction of sp³-hybridized carbons (Fsp3) is 0.100. The Bertz CT molecular complexity index is 395. The molecular formula is C10H12BrNO2P2. The minimum absolute atomic E-state index is 0.407. The lowest BCUT2D eigenvalue weighted by atomic mass is 10.2. The first-order chi connectivity index (χ1) is 7.70. The number of rotatable bonds is 4. The summed E-state index contributed by atoms with van der Waals surface area (Å²) in [6, 6.07) is 9.58. The van der Waals surface area contributed by atoms with Crippen LogP contribution in [0.25, 0.3) is 4.48 Å². The third kappa shape index (κ3) is 3.55. The molecule has 0 radical (unpaired) electrons. The molecule has 1 rings (SSSR count). The van der Waals surface area contributed by atoms with E-state index in [1.165, 1.54) is 0 Å². The molecule has 0 saturated carbocycles. The summed E-state index contributed by atoms with van der Waals surface area (Å²) in [5.41, 5.74) is 1.36. The van der Waals surface area contributed by atoms with E-state index in [0.717, 1.165) is 5.56 Å². The van der Waals surface area contributed by atoms with Crippen LogP contribution >= 0.6 is 34.1 Å². The Balaban J connectivity index is 3.11. The lowest BCUT2D eigenvalue weighted by Crippen LogP contribution is -2.14. The van der Waals surface area contributed by atoms with E-state index in [2.05, 4.69) is 25.5 Å². The molecule has 6 heteroatoms. The van der Waals surface area contributed by atoms with Gasteiger partial charge in [0.15, 0.2) is 0 Å². The zero-order valence-electron chi connectivity index (χ0n) is 8.66. The summed E-state index contributed by atoms with van der Waals surface area (Å²) in [4.78, 5) is 11.5. The third-order valence-corrected chi connectivity index (χ3v) is 3.38. The molecule has 3 nitrogen and oxygen atoms in total. The van der Waals surface area contributed by atoms with Gasteiger partial charge < -0.3 is 9.61 Å². The Morgan fingerprint density at radius 1 is 1.44 bits per heavy atom. The Labute approximate surface area is 107 Å². The van der Waals surface area contributed by atoms with Gasteiger partial charge in [0.25, 0.3) is 0 Å². The molecule has 0 aliphatic carbocycles. The van der Waals surface area contributed by atoms with Crippen LogP contribution in [0.3, 0.4) is 0 Å². The summed E-state index contributed by atoms with van der Waals surface area (Å²) >= 11 is 3.41. The predicted molar refractivity (Wildman–Crippen MR) is 75.5 cm³/mol. The van der Waals surface area contributed by atoms with Crippen LogP contribution in [0.2, 0.25) is 0 Å². The summed E-state index contributed by atoms with van der Waals surface area (Å²) in [6.07, 6.45) is 0. The second-order valence-corrected chi connectivity index (χ2v) is 4.61. The second kappa shape index (κ2) is 7.01. The summed E-state index contributed by atoms with van der Waals surface area (Å²) in [6.45, 7) is 1.95. The number of hydrogen-bond acceptors (Lipinski definition) is 3. The summed E-state index contributed by atoms with van der Waals surface area (Å²) in [5, 5.41) is 3.00. The van der Waals surface area contributed by atoms with E-state index < -0.39 is 5.97 Å². The van der Waals surface area contributed by atoms with Gasteiger partial charge in [-0.1, -0.05) is 30.3 Å². The molecule has 1 aromatic rings. The number of hydrogen-bond donors (Lipinski definition) is 1. The van der Waals surface area contributed by atoms with Crippen molar-refractivity contribution >= 4 is 44.6 Å². The van der Waals surface area contributed by atoms with Gasteiger partial charge in [-0.2, -0.15) is 0 Å². The number of benzene rings is 1. The summed E-state index contributed by atoms with van der Waals surface area (Å²) < 4.78 is 5.34. The fourth-order valence-electron chi connectivity index (χ4n) is 1.11. The van der Waals surface area contributed by atoms with Crippen molar-refractivity contribution < 1.29 is 9.32 Å². The van der Waals surface area contributed by atoms with Gasteiger partial charge in [0, 0.05) is 0 Å². The van der Waals surface area contributed by atoms with Crippen molar-refractivity contribution in [3.8, 4) is 0 Å². The molecule has 1 N–H and O–H groups in total. The van der Waals surface area contributed by atoms with Crippen molar-refractivity contribution in [2.75, 3.05) is 6.66 Å². The summed E-state index contributed by atoms with van der Waals surface area (Å²) in [7, 11) is 2.38. The molecule has 0 spiro atoms. The standard InChI is InChI=1S/C10H12BrNO2P2/c1-16-12-9(10(13)14-15)8(11)7-5-3-2-4-6-7/h2-6,12,16H,15H2,1H3/b9-8+. The molecule has 0 aromatic heterocycles. The summed E-state index contributed by atoms with van der Waals surface area (Å²) in [5.74, 6) is -0.407. The molecule has 0 aliphatic rings. The van der Waals surface area contributed by atoms with Gasteiger partial charge in [0.1, 0.15) is 5.70 Å². The topological polar surface area (TPSA) is 38.3 Å². The van der Waals surface area contributed by atoms with Crippen molar-refractivity contribution in [3.05, 3.63) is 41.6 Å². The van der Waals surface area contributed by atoms with Crippen LogP contribution in [-0.2, 0) is 9.32 Å². The fourth-order valence-corrected chi connectivity index (χ4v) is 2.41. The zero-order chi connectivity index (χ0) is 12.0. The van der Waals surface area contributed by atoms with Gasteiger partial charge in [0.05, 0.1) is 13.9 Å². The van der Waals surface area contributed by atoms with Crippen molar-refractivity contribution in [1.29, 1.82) is 0 Å². The molecule has 86 valence electrons. The van der Waals surface area contributed by atoms with Gasteiger partial charge in [0.2, 0.25) is 0 Å². The first kappa shape index (κ1) is 13.6. The van der Waals surface area contributed by atoms with E-state index in [0.29, 0.717) is 18.9 Å². The first-order valence-electron chi connectivity index (χ1n) is 4.49. The molecule has 0 heterocycles. The SMILES string of the molecule is CPN/C(C(=O)OP)=C(/Br)c1ccccc1. The van der Waals surface area contributed by atoms with Gasteiger partial charge in [-0.3, -0.25) is 0 Å². The maximum absolute atomic E-state index is 11.5.